The molecule has 0 radical (unpaired) electrons. The van der Waals surface area contributed by atoms with Crippen LogP contribution in [0.4, 0.5) is 0 Å². The van der Waals surface area contributed by atoms with Crippen LogP contribution in [-0.4, -0.2) is 30.1 Å². The smallest absolute Gasteiger partial charge is 0.0110 e. The second-order valence-electron chi connectivity index (χ2n) is 4.82. The number of rotatable bonds is 6. The predicted octanol–water partition coefficient (Wildman–Crippen LogP) is 2.77. The topological polar surface area (TPSA) is 29.3 Å². The Bertz CT molecular complexity index is 148. The van der Waals surface area contributed by atoms with Gasteiger partial charge in [-0.15, -0.1) is 0 Å². The van der Waals surface area contributed by atoms with Crippen LogP contribution in [0.1, 0.15) is 58.8 Å². The molecule has 0 aromatic heterocycles. The van der Waals surface area contributed by atoms with Crippen LogP contribution in [0.5, 0.6) is 0 Å². The van der Waals surface area contributed by atoms with Gasteiger partial charge in [-0.1, -0.05) is 26.7 Å². The first kappa shape index (κ1) is 13.0. The highest BCUT2D eigenvalue weighted by Gasteiger charge is 2.26. The third kappa shape index (κ3) is 3.76. The van der Waals surface area contributed by atoms with Gasteiger partial charge in [-0.05, 0) is 45.2 Å². The molecule has 0 aromatic carbocycles. The molecule has 0 amide bonds. The van der Waals surface area contributed by atoms with Crippen molar-refractivity contribution in [2.24, 2.45) is 5.73 Å². The normalized spacial score (nSPS) is 25.4. The highest BCUT2D eigenvalue weighted by Crippen LogP contribution is 2.24. The molecule has 1 rings (SSSR count). The summed E-state index contributed by atoms with van der Waals surface area (Å²) in [6.07, 6.45) is 9.33. The molecule has 0 aromatic rings. The maximum absolute atomic E-state index is 5.71. The van der Waals surface area contributed by atoms with Crippen LogP contribution in [0.2, 0.25) is 0 Å². The van der Waals surface area contributed by atoms with Crippen molar-refractivity contribution < 1.29 is 0 Å². The summed E-state index contributed by atoms with van der Waals surface area (Å²) in [5.74, 6) is 0. The van der Waals surface area contributed by atoms with E-state index >= 15 is 0 Å². The van der Waals surface area contributed by atoms with Crippen molar-refractivity contribution in [3.63, 3.8) is 0 Å². The van der Waals surface area contributed by atoms with E-state index in [1.54, 1.807) is 0 Å². The zero-order chi connectivity index (χ0) is 11.1. The van der Waals surface area contributed by atoms with Gasteiger partial charge in [-0.2, -0.15) is 0 Å². The molecule has 0 saturated carbocycles. The Morgan fingerprint density at radius 1 is 1.33 bits per heavy atom. The van der Waals surface area contributed by atoms with E-state index in [1.165, 1.54) is 51.5 Å². The summed E-state index contributed by atoms with van der Waals surface area (Å²) < 4.78 is 0. The van der Waals surface area contributed by atoms with Gasteiger partial charge in [0.05, 0.1) is 0 Å². The Morgan fingerprint density at radius 2 is 2.13 bits per heavy atom. The van der Waals surface area contributed by atoms with Crippen LogP contribution in [0, 0.1) is 0 Å². The van der Waals surface area contributed by atoms with Crippen LogP contribution in [0.15, 0.2) is 0 Å². The monoisotopic (exact) mass is 212 g/mol. The highest BCUT2D eigenvalue weighted by molar-refractivity contribution is 4.82. The Balaban J connectivity index is 2.52. The molecular formula is C13H28N2. The molecule has 2 unspecified atom stereocenters. The molecule has 90 valence electrons. The molecule has 1 aliphatic heterocycles. The van der Waals surface area contributed by atoms with E-state index in [2.05, 4.69) is 18.7 Å². The van der Waals surface area contributed by atoms with Gasteiger partial charge in [0.15, 0.2) is 0 Å². The molecule has 2 atom stereocenters. The van der Waals surface area contributed by atoms with Crippen LogP contribution >= 0.6 is 0 Å². The van der Waals surface area contributed by atoms with Gasteiger partial charge in [-0.3, -0.25) is 4.90 Å². The zero-order valence-electron chi connectivity index (χ0n) is 10.5. The number of nitrogens with two attached hydrogens (primary N) is 1. The molecule has 0 spiro atoms. The van der Waals surface area contributed by atoms with Crippen molar-refractivity contribution in [2.45, 2.75) is 70.9 Å². The summed E-state index contributed by atoms with van der Waals surface area (Å²) in [6.45, 7) is 6.78. The van der Waals surface area contributed by atoms with Gasteiger partial charge in [0.2, 0.25) is 0 Å². The first-order valence-corrected chi connectivity index (χ1v) is 6.79. The first-order valence-electron chi connectivity index (χ1n) is 6.79. The molecule has 15 heavy (non-hydrogen) atoms. The van der Waals surface area contributed by atoms with E-state index in [4.69, 9.17) is 5.73 Å². The van der Waals surface area contributed by atoms with Crippen molar-refractivity contribution in [1.82, 2.24) is 4.90 Å². The molecule has 1 aliphatic rings. The molecule has 1 saturated heterocycles. The third-order valence-corrected chi connectivity index (χ3v) is 3.73. The standard InChI is InChI=1S/C13H28N2/c1-3-7-12(4-2)15-11-6-5-8-13(15)9-10-14/h12-13H,3-11,14H2,1-2H3. The summed E-state index contributed by atoms with van der Waals surface area (Å²) in [7, 11) is 0. The van der Waals surface area contributed by atoms with E-state index in [-0.39, 0.29) is 0 Å². The van der Waals surface area contributed by atoms with Crippen LogP contribution in [0.3, 0.4) is 0 Å². The fourth-order valence-electron chi connectivity index (χ4n) is 2.94. The highest BCUT2D eigenvalue weighted by atomic mass is 15.2. The molecule has 1 heterocycles. The second-order valence-corrected chi connectivity index (χ2v) is 4.82. The molecule has 0 bridgehead atoms. The zero-order valence-corrected chi connectivity index (χ0v) is 10.5. The van der Waals surface area contributed by atoms with Gasteiger partial charge in [-0.25, -0.2) is 0 Å². The Labute approximate surface area is 95.2 Å². The van der Waals surface area contributed by atoms with Crippen molar-refractivity contribution in [3.05, 3.63) is 0 Å². The van der Waals surface area contributed by atoms with Crippen molar-refractivity contribution in [3.8, 4) is 0 Å². The summed E-state index contributed by atoms with van der Waals surface area (Å²) in [5, 5.41) is 0. The number of likely N-dealkylation sites (tertiary alicyclic amines) is 1. The second kappa shape index (κ2) is 7.24. The van der Waals surface area contributed by atoms with Crippen molar-refractivity contribution in [1.29, 1.82) is 0 Å². The minimum Gasteiger partial charge on any atom is -0.330 e. The maximum Gasteiger partial charge on any atom is 0.0110 e. The predicted molar refractivity (Wildman–Crippen MR) is 67.0 cm³/mol. The molecular weight excluding hydrogens is 184 g/mol. The van der Waals surface area contributed by atoms with Gasteiger partial charge in [0.25, 0.3) is 0 Å². The molecule has 2 heteroatoms. The number of piperidine rings is 1. The average molecular weight is 212 g/mol. The lowest BCUT2D eigenvalue weighted by Gasteiger charge is -2.41. The molecule has 2 nitrogen and oxygen atoms in total. The van der Waals surface area contributed by atoms with Gasteiger partial charge < -0.3 is 5.73 Å². The molecule has 2 N–H and O–H groups in total. The van der Waals surface area contributed by atoms with Crippen LogP contribution < -0.4 is 5.73 Å². The Morgan fingerprint density at radius 3 is 2.73 bits per heavy atom. The lowest BCUT2D eigenvalue weighted by atomic mass is 9.95. The van der Waals surface area contributed by atoms with E-state index in [1.807, 2.05) is 0 Å². The van der Waals surface area contributed by atoms with Crippen molar-refractivity contribution >= 4 is 0 Å². The van der Waals surface area contributed by atoms with E-state index in [0.717, 1.165) is 18.6 Å². The van der Waals surface area contributed by atoms with E-state index in [9.17, 15) is 0 Å². The SMILES string of the molecule is CCCC(CC)N1CCCCC1CCN. The summed E-state index contributed by atoms with van der Waals surface area (Å²) in [4.78, 5) is 2.75. The lowest BCUT2D eigenvalue weighted by molar-refractivity contribution is 0.0822. The maximum atomic E-state index is 5.71. The van der Waals surface area contributed by atoms with Gasteiger partial charge in [0.1, 0.15) is 0 Å². The fourth-order valence-corrected chi connectivity index (χ4v) is 2.94. The number of nitrogens with zero attached hydrogens (tertiary/aromatic N) is 1. The first-order chi connectivity index (χ1) is 7.33. The van der Waals surface area contributed by atoms with Crippen LogP contribution in [0.25, 0.3) is 0 Å². The van der Waals surface area contributed by atoms with Gasteiger partial charge >= 0.3 is 0 Å². The fraction of sp³-hybridized carbons (Fsp3) is 1.00. The van der Waals surface area contributed by atoms with Gasteiger partial charge in [0, 0.05) is 12.1 Å². The van der Waals surface area contributed by atoms with Crippen LogP contribution in [-0.2, 0) is 0 Å². The minimum atomic E-state index is 0.778. The average Bonchev–Trinajstić information content (AvgIpc) is 2.27. The summed E-state index contributed by atoms with van der Waals surface area (Å²) in [6, 6.07) is 1.59. The summed E-state index contributed by atoms with van der Waals surface area (Å²) >= 11 is 0. The number of hydrogen-bond acceptors (Lipinski definition) is 2. The molecule has 0 aliphatic carbocycles. The largest absolute Gasteiger partial charge is 0.330 e. The summed E-state index contributed by atoms with van der Waals surface area (Å²) in [5.41, 5.74) is 5.71. The number of hydrogen-bond donors (Lipinski definition) is 1. The molecule has 1 fully saturated rings. The minimum absolute atomic E-state index is 0.778. The van der Waals surface area contributed by atoms with E-state index in [0.29, 0.717) is 0 Å². The quantitative estimate of drug-likeness (QED) is 0.733. The Kier molecular flexibility index (Phi) is 6.26. The van der Waals surface area contributed by atoms with E-state index < -0.39 is 0 Å². The third-order valence-electron chi connectivity index (χ3n) is 3.73. The van der Waals surface area contributed by atoms with Crippen molar-refractivity contribution in [2.75, 3.05) is 13.1 Å². The Hall–Kier alpha value is -0.0800. The lowest BCUT2D eigenvalue weighted by Crippen LogP contribution is -2.46.